The predicted octanol–water partition coefficient (Wildman–Crippen LogP) is 3.06. The Labute approximate surface area is 141 Å². The summed E-state index contributed by atoms with van der Waals surface area (Å²) in [6, 6.07) is 7.85. The van der Waals surface area contributed by atoms with Crippen molar-refractivity contribution in [2.75, 3.05) is 26.2 Å². The maximum Gasteiger partial charge on any atom is 0.257 e. The van der Waals surface area contributed by atoms with E-state index in [9.17, 15) is 4.79 Å². The van der Waals surface area contributed by atoms with E-state index in [0.717, 1.165) is 23.5 Å². The van der Waals surface area contributed by atoms with E-state index < -0.39 is 0 Å². The van der Waals surface area contributed by atoms with Gasteiger partial charge >= 0.3 is 0 Å². The Bertz CT molecular complexity index is 478. The summed E-state index contributed by atoms with van der Waals surface area (Å²) in [5.41, 5.74) is 0. The zero-order valence-electron chi connectivity index (χ0n) is 13.3. The second-order valence-corrected chi connectivity index (χ2v) is 7.05. The molecule has 0 radical (unpaired) electrons. The smallest absolute Gasteiger partial charge is 0.257 e. The van der Waals surface area contributed by atoms with Gasteiger partial charge in [0.1, 0.15) is 5.75 Å². The molecule has 0 spiro atoms. The highest BCUT2D eigenvalue weighted by atomic mass is 79.9. The van der Waals surface area contributed by atoms with Crippen LogP contribution in [0.1, 0.15) is 26.7 Å². The third-order valence-corrected chi connectivity index (χ3v) is 4.62. The number of ether oxygens (including phenoxy) is 1. The van der Waals surface area contributed by atoms with Crippen molar-refractivity contribution >= 4 is 21.8 Å². The van der Waals surface area contributed by atoms with Crippen LogP contribution in [0.25, 0.3) is 0 Å². The van der Waals surface area contributed by atoms with E-state index in [-0.39, 0.29) is 12.5 Å². The zero-order chi connectivity index (χ0) is 15.9. The molecule has 1 fully saturated rings. The first kappa shape index (κ1) is 17.3. The highest BCUT2D eigenvalue weighted by Gasteiger charge is 2.21. The largest absolute Gasteiger partial charge is 0.484 e. The van der Waals surface area contributed by atoms with Crippen molar-refractivity contribution in [2.24, 2.45) is 5.92 Å². The van der Waals surface area contributed by atoms with Gasteiger partial charge in [0.2, 0.25) is 0 Å². The molecule has 1 heterocycles. The number of hydrogen-bond acceptors (Lipinski definition) is 3. The second-order valence-electron chi connectivity index (χ2n) is 6.14. The molecule has 2 atom stereocenters. The van der Waals surface area contributed by atoms with Crippen molar-refractivity contribution in [1.29, 1.82) is 0 Å². The van der Waals surface area contributed by atoms with Gasteiger partial charge in [-0.05, 0) is 56.5 Å². The molecule has 0 aromatic heterocycles. The van der Waals surface area contributed by atoms with Gasteiger partial charge in [-0.15, -0.1) is 0 Å². The molecule has 5 heteroatoms. The van der Waals surface area contributed by atoms with Gasteiger partial charge in [-0.25, -0.2) is 0 Å². The molecular formula is C17H25BrN2O2. The molecule has 1 aromatic carbocycles. The molecule has 4 nitrogen and oxygen atoms in total. The van der Waals surface area contributed by atoms with Crippen LogP contribution in [0, 0.1) is 5.92 Å². The number of benzene rings is 1. The molecule has 1 amide bonds. The van der Waals surface area contributed by atoms with Crippen LogP contribution in [-0.2, 0) is 4.79 Å². The maximum absolute atomic E-state index is 11.9. The predicted molar refractivity (Wildman–Crippen MR) is 92.1 cm³/mol. The van der Waals surface area contributed by atoms with Crippen LogP contribution >= 0.6 is 15.9 Å². The SMILES string of the molecule is CC1CCCN(C(C)CNC(=O)COc2ccc(Br)cc2)C1. The van der Waals surface area contributed by atoms with Crippen LogP contribution in [0.2, 0.25) is 0 Å². The third-order valence-electron chi connectivity index (χ3n) is 4.09. The van der Waals surface area contributed by atoms with Gasteiger partial charge in [-0.2, -0.15) is 0 Å². The lowest BCUT2D eigenvalue weighted by molar-refractivity contribution is -0.123. The van der Waals surface area contributed by atoms with Crippen molar-refractivity contribution in [3.05, 3.63) is 28.7 Å². The van der Waals surface area contributed by atoms with Crippen LogP contribution < -0.4 is 10.1 Å². The molecule has 122 valence electrons. The third kappa shape index (κ3) is 5.61. The minimum atomic E-state index is -0.0696. The van der Waals surface area contributed by atoms with Gasteiger partial charge in [0.05, 0.1) is 0 Å². The zero-order valence-corrected chi connectivity index (χ0v) is 14.9. The van der Waals surface area contributed by atoms with E-state index in [4.69, 9.17) is 4.74 Å². The summed E-state index contributed by atoms with van der Waals surface area (Å²) >= 11 is 3.37. The molecule has 1 aromatic rings. The molecular weight excluding hydrogens is 344 g/mol. The van der Waals surface area contributed by atoms with Crippen LogP contribution in [0.3, 0.4) is 0 Å². The Morgan fingerprint density at radius 1 is 1.45 bits per heavy atom. The summed E-state index contributed by atoms with van der Waals surface area (Å²) in [5.74, 6) is 1.39. The van der Waals surface area contributed by atoms with E-state index in [1.54, 1.807) is 0 Å². The van der Waals surface area contributed by atoms with Crippen molar-refractivity contribution in [2.45, 2.75) is 32.7 Å². The molecule has 2 rings (SSSR count). The molecule has 1 N–H and O–H groups in total. The second kappa shape index (κ2) is 8.53. The molecule has 2 unspecified atom stereocenters. The van der Waals surface area contributed by atoms with Crippen LogP contribution in [0.15, 0.2) is 28.7 Å². The lowest BCUT2D eigenvalue weighted by atomic mass is 9.99. The number of piperidine rings is 1. The number of nitrogens with one attached hydrogen (secondary N) is 1. The Balaban J connectivity index is 1.67. The van der Waals surface area contributed by atoms with E-state index in [2.05, 4.69) is 40.0 Å². The fraction of sp³-hybridized carbons (Fsp3) is 0.588. The highest BCUT2D eigenvalue weighted by Crippen LogP contribution is 2.17. The molecule has 0 aliphatic carbocycles. The summed E-state index contributed by atoms with van der Waals surface area (Å²) in [4.78, 5) is 14.3. The van der Waals surface area contributed by atoms with Gasteiger partial charge in [0, 0.05) is 23.6 Å². The Hall–Kier alpha value is -1.07. The lowest BCUT2D eigenvalue weighted by Gasteiger charge is -2.35. The Morgan fingerprint density at radius 3 is 2.86 bits per heavy atom. The maximum atomic E-state index is 11.9. The summed E-state index contributed by atoms with van der Waals surface area (Å²) in [6.07, 6.45) is 2.57. The number of amides is 1. The normalized spacial score (nSPS) is 20.4. The summed E-state index contributed by atoms with van der Waals surface area (Å²) in [5, 5.41) is 2.96. The number of likely N-dealkylation sites (tertiary alicyclic amines) is 1. The van der Waals surface area contributed by atoms with Crippen molar-refractivity contribution in [1.82, 2.24) is 10.2 Å². The number of hydrogen-bond donors (Lipinski definition) is 1. The van der Waals surface area contributed by atoms with Crippen molar-refractivity contribution < 1.29 is 9.53 Å². The first-order valence-electron chi connectivity index (χ1n) is 7.93. The van der Waals surface area contributed by atoms with E-state index >= 15 is 0 Å². The fourth-order valence-corrected chi connectivity index (χ4v) is 3.01. The average Bonchev–Trinajstić information content (AvgIpc) is 2.52. The van der Waals surface area contributed by atoms with Gasteiger partial charge < -0.3 is 10.1 Å². The monoisotopic (exact) mass is 368 g/mol. The lowest BCUT2D eigenvalue weighted by Crippen LogP contribution is -2.46. The fourth-order valence-electron chi connectivity index (χ4n) is 2.75. The Kier molecular flexibility index (Phi) is 6.70. The van der Waals surface area contributed by atoms with E-state index in [1.807, 2.05) is 24.3 Å². The van der Waals surface area contributed by atoms with Gasteiger partial charge in [-0.3, -0.25) is 9.69 Å². The molecule has 0 saturated carbocycles. The molecule has 22 heavy (non-hydrogen) atoms. The topological polar surface area (TPSA) is 41.6 Å². The van der Waals surface area contributed by atoms with Gasteiger partial charge in [-0.1, -0.05) is 22.9 Å². The quantitative estimate of drug-likeness (QED) is 0.838. The summed E-state index contributed by atoms with van der Waals surface area (Å²) < 4.78 is 6.47. The van der Waals surface area contributed by atoms with E-state index in [1.165, 1.54) is 12.8 Å². The van der Waals surface area contributed by atoms with Crippen LogP contribution in [-0.4, -0.2) is 43.1 Å². The molecule has 1 aliphatic heterocycles. The number of carbonyl (C=O) groups excluding carboxylic acids is 1. The van der Waals surface area contributed by atoms with E-state index in [0.29, 0.717) is 18.3 Å². The number of carbonyl (C=O) groups is 1. The number of halogens is 1. The molecule has 1 saturated heterocycles. The van der Waals surface area contributed by atoms with Crippen LogP contribution in [0.5, 0.6) is 5.75 Å². The van der Waals surface area contributed by atoms with Crippen molar-refractivity contribution in [3.8, 4) is 5.75 Å². The average molecular weight is 369 g/mol. The van der Waals surface area contributed by atoms with Crippen LogP contribution in [0.4, 0.5) is 0 Å². The van der Waals surface area contributed by atoms with Gasteiger partial charge in [0.15, 0.2) is 6.61 Å². The minimum Gasteiger partial charge on any atom is -0.484 e. The summed E-state index contributed by atoms with van der Waals surface area (Å²) in [7, 11) is 0. The first-order valence-corrected chi connectivity index (χ1v) is 8.73. The first-order chi connectivity index (χ1) is 10.5. The minimum absolute atomic E-state index is 0.0603. The standard InChI is InChI=1S/C17H25BrN2O2/c1-13-4-3-9-20(11-13)14(2)10-19-17(21)12-22-16-7-5-15(18)6-8-16/h5-8,13-14H,3-4,9-12H2,1-2H3,(H,19,21). The Morgan fingerprint density at radius 2 is 2.18 bits per heavy atom. The summed E-state index contributed by atoms with van der Waals surface area (Å²) in [6.45, 7) is 7.47. The van der Waals surface area contributed by atoms with Crippen molar-refractivity contribution in [3.63, 3.8) is 0 Å². The molecule has 1 aliphatic rings. The number of nitrogens with zero attached hydrogens (tertiary/aromatic N) is 1. The van der Waals surface area contributed by atoms with Gasteiger partial charge in [0.25, 0.3) is 5.91 Å². The number of rotatable bonds is 6. The highest BCUT2D eigenvalue weighted by molar-refractivity contribution is 9.10. The molecule has 0 bridgehead atoms.